The maximum atomic E-state index is 10.1. The number of furan rings is 2. The molecule has 6 aromatic carbocycles. The molecule has 0 spiro atoms. The van der Waals surface area contributed by atoms with Crippen LogP contribution >= 0.6 is 0 Å². The quantitative estimate of drug-likeness (QED) is 0.237. The van der Waals surface area contributed by atoms with Gasteiger partial charge in [-0.05, 0) is 81.9 Å². The standard InChI is InChI=1S/C37H21NO2/c38-22-23-18-29(24-8-2-1-3-9-24)37(26-15-17-36-32(21-26)28-11-5-7-13-34(28)40-36)30(19-23)25-14-16-35-31(20-25)27-10-4-6-12-33(27)39-35/h1-21H. The number of hydrogen-bond donors (Lipinski definition) is 0. The fraction of sp³-hybridized carbons (Fsp3) is 0. The van der Waals surface area contributed by atoms with Gasteiger partial charge in [-0.3, -0.25) is 0 Å². The maximum absolute atomic E-state index is 10.1. The molecule has 0 bridgehead atoms. The Labute approximate surface area is 230 Å². The smallest absolute Gasteiger partial charge is 0.135 e. The van der Waals surface area contributed by atoms with Gasteiger partial charge in [-0.25, -0.2) is 0 Å². The summed E-state index contributed by atoms with van der Waals surface area (Å²) in [4.78, 5) is 0. The van der Waals surface area contributed by atoms with Gasteiger partial charge in [0.25, 0.3) is 0 Å². The van der Waals surface area contributed by atoms with Crippen molar-refractivity contribution in [3.8, 4) is 39.4 Å². The summed E-state index contributed by atoms with van der Waals surface area (Å²) in [6.45, 7) is 0. The molecule has 186 valence electrons. The summed E-state index contributed by atoms with van der Waals surface area (Å²) in [6, 6.07) is 45.6. The molecule has 0 saturated heterocycles. The van der Waals surface area contributed by atoms with Crippen LogP contribution in [0, 0.1) is 11.3 Å². The second-order valence-electron chi connectivity index (χ2n) is 10.0. The summed E-state index contributed by atoms with van der Waals surface area (Å²) < 4.78 is 12.2. The molecule has 3 heteroatoms. The van der Waals surface area contributed by atoms with E-state index in [0.717, 1.165) is 77.3 Å². The first-order valence-corrected chi connectivity index (χ1v) is 13.2. The average Bonchev–Trinajstić information content (AvgIpc) is 3.58. The van der Waals surface area contributed by atoms with Gasteiger partial charge in [0.1, 0.15) is 22.3 Å². The van der Waals surface area contributed by atoms with E-state index in [1.807, 2.05) is 78.9 Å². The molecule has 0 amide bonds. The molecule has 2 aromatic heterocycles. The molecule has 0 radical (unpaired) electrons. The van der Waals surface area contributed by atoms with Crippen LogP contribution in [0.25, 0.3) is 77.3 Å². The monoisotopic (exact) mass is 511 g/mol. The third kappa shape index (κ3) is 3.44. The highest BCUT2D eigenvalue weighted by Gasteiger charge is 2.19. The minimum Gasteiger partial charge on any atom is -0.456 e. The second-order valence-corrected chi connectivity index (χ2v) is 10.0. The van der Waals surface area contributed by atoms with Gasteiger partial charge in [0.05, 0.1) is 11.6 Å². The highest BCUT2D eigenvalue weighted by Crippen LogP contribution is 2.44. The summed E-state index contributed by atoms with van der Waals surface area (Å²) in [6.07, 6.45) is 0. The lowest BCUT2D eigenvalue weighted by Gasteiger charge is -2.17. The van der Waals surface area contributed by atoms with Crippen molar-refractivity contribution in [2.45, 2.75) is 0 Å². The number of hydrogen-bond acceptors (Lipinski definition) is 3. The minimum absolute atomic E-state index is 0.615. The fourth-order valence-electron chi connectivity index (χ4n) is 5.87. The van der Waals surface area contributed by atoms with Gasteiger partial charge in [0.15, 0.2) is 0 Å². The first-order valence-electron chi connectivity index (χ1n) is 13.2. The van der Waals surface area contributed by atoms with Crippen molar-refractivity contribution >= 4 is 43.9 Å². The Morgan fingerprint density at radius 3 is 1.55 bits per heavy atom. The first kappa shape index (κ1) is 22.4. The van der Waals surface area contributed by atoms with Crippen molar-refractivity contribution in [1.82, 2.24) is 0 Å². The Kier molecular flexibility index (Phi) is 4.89. The number of fused-ring (bicyclic) bond motifs is 6. The van der Waals surface area contributed by atoms with Crippen LogP contribution in [0.2, 0.25) is 0 Å². The zero-order valence-electron chi connectivity index (χ0n) is 21.4. The van der Waals surface area contributed by atoms with Crippen molar-refractivity contribution in [2.24, 2.45) is 0 Å². The zero-order valence-corrected chi connectivity index (χ0v) is 21.4. The number of benzene rings is 6. The lowest BCUT2D eigenvalue weighted by molar-refractivity contribution is 0.668. The zero-order chi connectivity index (χ0) is 26.6. The van der Waals surface area contributed by atoms with E-state index in [-0.39, 0.29) is 0 Å². The molecule has 0 fully saturated rings. The van der Waals surface area contributed by atoms with Crippen molar-refractivity contribution in [1.29, 1.82) is 5.26 Å². The lowest BCUT2D eigenvalue weighted by Crippen LogP contribution is -1.93. The predicted octanol–water partition coefficient (Wildman–Crippen LogP) is 10.4. The molecular formula is C37H21NO2. The molecule has 0 aliphatic rings. The van der Waals surface area contributed by atoms with Gasteiger partial charge in [0.2, 0.25) is 0 Å². The molecule has 8 aromatic rings. The van der Waals surface area contributed by atoms with Crippen molar-refractivity contribution in [3.63, 3.8) is 0 Å². The Hall–Kier alpha value is -5.59. The van der Waals surface area contributed by atoms with E-state index < -0.39 is 0 Å². The fourth-order valence-corrected chi connectivity index (χ4v) is 5.87. The Morgan fingerprint density at radius 2 is 0.925 bits per heavy atom. The van der Waals surface area contributed by atoms with Crippen LogP contribution in [0.1, 0.15) is 5.56 Å². The van der Waals surface area contributed by atoms with E-state index in [1.165, 1.54) is 0 Å². The highest BCUT2D eigenvalue weighted by molar-refractivity contribution is 6.09. The molecular weight excluding hydrogens is 490 g/mol. The van der Waals surface area contributed by atoms with Gasteiger partial charge in [-0.2, -0.15) is 5.26 Å². The van der Waals surface area contributed by atoms with Crippen LogP contribution in [-0.2, 0) is 0 Å². The predicted molar refractivity (Wildman–Crippen MR) is 162 cm³/mol. The van der Waals surface area contributed by atoms with Gasteiger partial charge in [-0.1, -0.05) is 78.9 Å². The van der Waals surface area contributed by atoms with Crippen LogP contribution < -0.4 is 0 Å². The van der Waals surface area contributed by atoms with Crippen LogP contribution in [0.5, 0.6) is 0 Å². The second kappa shape index (κ2) is 8.73. The molecule has 8 rings (SSSR count). The van der Waals surface area contributed by atoms with Crippen LogP contribution in [0.4, 0.5) is 0 Å². The van der Waals surface area contributed by atoms with E-state index in [9.17, 15) is 5.26 Å². The Morgan fingerprint density at radius 1 is 0.425 bits per heavy atom. The Balaban J connectivity index is 1.46. The van der Waals surface area contributed by atoms with Gasteiger partial charge >= 0.3 is 0 Å². The van der Waals surface area contributed by atoms with E-state index >= 15 is 0 Å². The van der Waals surface area contributed by atoms with E-state index in [0.29, 0.717) is 5.56 Å². The molecule has 0 unspecified atom stereocenters. The van der Waals surface area contributed by atoms with Crippen molar-refractivity contribution in [3.05, 3.63) is 133 Å². The van der Waals surface area contributed by atoms with Crippen molar-refractivity contribution < 1.29 is 8.83 Å². The average molecular weight is 512 g/mol. The number of rotatable bonds is 3. The summed E-state index contributed by atoms with van der Waals surface area (Å²) in [5.41, 5.74) is 10.3. The van der Waals surface area contributed by atoms with Gasteiger partial charge in [-0.15, -0.1) is 0 Å². The molecule has 3 nitrogen and oxygen atoms in total. The first-order chi connectivity index (χ1) is 19.8. The van der Waals surface area contributed by atoms with Gasteiger partial charge in [0, 0.05) is 21.5 Å². The number of nitrogens with zero attached hydrogens (tertiary/aromatic N) is 1. The molecule has 0 N–H and O–H groups in total. The van der Waals surface area contributed by atoms with Crippen LogP contribution in [-0.4, -0.2) is 0 Å². The van der Waals surface area contributed by atoms with Crippen molar-refractivity contribution in [2.75, 3.05) is 0 Å². The topological polar surface area (TPSA) is 50.1 Å². The van der Waals surface area contributed by atoms with Gasteiger partial charge < -0.3 is 8.83 Å². The molecule has 40 heavy (non-hydrogen) atoms. The molecule has 0 aliphatic carbocycles. The number of nitriles is 1. The maximum Gasteiger partial charge on any atom is 0.135 e. The number of para-hydroxylation sites is 2. The highest BCUT2D eigenvalue weighted by atomic mass is 16.3. The molecule has 0 saturated carbocycles. The van der Waals surface area contributed by atoms with Crippen LogP contribution in [0.3, 0.4) is 0 Å². The summed E-state index contributed by atoms with van der Waals surface area (Å²) in [5.74, 6) is 0. The summed E-state index contributed by atoms with van der Waals surface area (Å²) in [5, 5.41) is 14.4. The normalized spacial score (nSPS) is 11.5. The van der Waals surface area contributed by atoms with E-state index in [2.05, 4.69) is 54.6 Å². The lowest BCUT2D eigenvalue weighted by atomic mass is 9.85. The molecule has 0 aliphatic heterocycles. The molecule has 2 heterocycles. The molecule has 0 atom stereocenters. The Bertz CT molecular complexity index is 2280. The van der Waals surface area contributed by atoms with Crippen LogP contribution in [0.15, 0.2) is 136 Å². The SMILES string of the molecule is N#Cc1cc(-c2ccccc2)c(-c2ccc3oc4ccccc4c3c2)c(-c2ccc3oc4ccccc4c3c2)c1. The van der Waals surface area contributed by atoms with E-state index in [1.54, 1.807) is 0 Å². The summed E-state index contributed by atoms with van der Waals surface area (Å²) in [7, 11) is 0. The van der Waals surface area contributed by atoms with E-state index in [4.69, 9.17) is 8.83 Å². The summed E-state index contributed by atoms with van der Waals surface area (Å²) >= 11 is 0. The minimum atomic E-state index is 0.615. The third-order valence-electron chi connectivity index (χ3n) is 7.71. The largest absolute Gasteiger partial charge is 0.456 e. The third-order valence-corrected chi connectivity index (χ3v) is 7.71.